The van der Waals surface area contributed by atoms with Crippen LogP contribution in [0.5, 0.6) is 0 Å². The van der Waals surface area contributed by atoms with Crippen LogP contribution in [-0.2, 0) is 21.2 Å². The Morgan fingerprint density at radius 1 is 1.16 bits per heavy atom. The standard InChI is InChI=1S/C16H15F3N5O4P.2Na/c1-10(15-14(19)5-20-7-22-15)16(28-29(25,26)27,6-24-9-21-8-23-24)12-3-2-11(17)4-13(12)18;;/h2-5,7-10H,6H2,1H3,(H2,25,26,27);;/q;2*+1/p-2/t10-,16-;;/m1../s1. The Labute approximate surface area is 219 Å². The fourth-order valence-corrected chi connectivity index (χ4v) is 3.77. The Morgan fingerprint density at radius 3 is 2.42 bits per heavy atom. The number of phosphoric acid groups is 1. The van der Waals surface area contributed by atoms with Gasteiger partial charge in [-0.15, -0.1) is 0 Å². The van der Waals surface area contributed by atoms with Crippen LogP contribution in [0.2, 0.25) is 0 Å². The molecule has 1 aromatic carbocycles. The van der Waals surface area contributed by atoms with Crippen LogP contribution in [0.3, 0.4) is 0 Å². The normalized spacial score (nSPS) is 14.1. The number of rotatable bonds is 7. The summed E-state index contributed by atoms with van der Waals surface area (Å²) in [5, 5.41) is 3.81. The summed E-state index contributed by atoms with van der Waals surface area (Å²) in [4.78, 5) is 34.2. The van der Waals surface area contributed by atoms with Gasteiger partial charge in [0.15, 0.2) is 5.82 Å². The number of aromatic nitrogens is 5. The Hall–Kier alpha value is -0.660. The largest absolute Gasteiger partial charge is 1.00 e. The molecule has 0 aliphatic heterocycles. The maximum absolute atomic E-state index is 14.7. The number of hydrogen-bond donors (Lipinski definition) is 0. The van der Waals surface area contributed by atoms with Crippen molar-refractivity contribution in [3.05, 3.63) is 72.1 Å². The molecule has 0 N–H and O–H groups in total. The monoisotopic (exact) mass is 473 g/mol. The Morgan fingerprint density at radius 2 is 1.87 bits per heavy atom. The molecule has 0 amide bonds. The number of benzene rings is 1. The molecule has 2 atom stereocenters. The van der Waals surface area contributed by atoms with E-state index >= 15 is 0 Å². The van der Waals surface area contributed by atoms with Gasteiger partial charge in [-0.25, -0.2) is 32.8 Å². The third-order valence-electron chi connectivity index (χ3n) is 4.33. The average molecular weight is 473 g/mol. The minimum atomic E-state index is -5.78. The van der Waals surface area contributed by atoms with Crippen molar-refractivity contribution in [3.63, 3.8) is 0 Å². The van der Waals surface area contributed by atoms with Gasteiger partial charge < -0.3 is 18.9 Å². The fourth-order valence-electron chi connectivity index (χ4n) is 3.06. The molecule has 0 radical (unpaired) electrons. The zero-order chi connectivity index (χ0) is 21.2. The first kappa shape index (κ1) is 28.4. The second-order valence-corrected chi connectivity index (χ2v) is 7.20. The van der Waals surface area contributed by atoms with E-state index in [1.54, 1.807) is 0 Å². The van der Waals surface area contributed by atoms with E-state index < -0.39 is 48.9 Å². The Bertz CT molecular complexity index is 1060. The molecule has 0 aliphatic carbocycles. The van der Waals surface area contributed by atoms with Crippen molar-refractivity contribution in [1.82, 2.24) is 24.7 Å². The fraction of sp³-hybridized carbons (Fsp3) is 0.250. The summed E-state index contributed by atoms with van der Waals surface area (Å²) in [6.07, 6.45) is 4.07. The van der Waals surface area contributed by atoms with Gasteiger partial charge >= 0.3 is 59.1 Å². The van der Waals surface area contributed by atoms with E-state index in [-0.39, 0.29) is 64.8 Å². The van der Waals surface area contributed by atoms with Crippen LogP contribution in [0.25, 0.3) is 0 Å². The molecule has 0 unspecified atom stereocenters. The average Bonchev–Trinajstić information content (AvgIpc) is 3.12. The maximum Gasteiger partial charge on any atom is 1.00 e. The third-order valence-corrected chi connectivity index (χ3v) is 4.88. The van der Waals surface area contributed by atoms with Gasteiger partial charge in [-0.1, -0.05) is 13.0 Å². The summed E-state index contributed by atoms with van der Waals surface area (Å²) in [5.74, 6) is -4.46. The van der Waals surface area contributed by atoms with Crippen LogP contribution in [0.1, 0.15) is 24.1 Å². The first-order valence-corrected chi connectivity index (χ1v) is 9.54. The number of hydrogen-bond acceptors (Lipinski definition) is 8. The molecule has 2 heterocycles. The van der Waals surface area contributed by atoms with Crippen LogP contribution < -0.4 is 68.9 Å². The first-order valence-electron chi connectivity index (χ1n) is 8.08. The van der Waals surface area contributed by atoms with Crippen LogP contribution in [0.4, 0.5) is 13.2 Å². The molecule has 154 valence electrons. The summed E-state index contributed by atoms with van der Waals surface area (Å²) < 4.78 is 60.1. The van der Waals surface area contributed by atoms with Gasteiger partial charge in [0, 0.05) is 17.5 Å². The smallest absolute Gasteiger partial charge is 0.790 e. The van der Waals surface area contributed by atoms with Crippen LogP contribution >= 0.6 is 7.82 Å². The van der Waals surface area contributed by atoms with Crippen LogP contribution in [0.15, 0.2) is 43.4 Å². The van der Waals surface area contributed by atoms with Crippen molar-refractivity contribution in [3.8, 4) is 0 Å². The van der Waals surface area contributed by atoms with Gasteiger partial charge in [0.1, 0.15) is 36.2 Å². The van der Waals surface area contributed by atoms with E-state index in [1.165, 1.54) is 6.92 Å². The SMILES string of the molecule is C[C@H](c1ncncc1F)[C@@](Cn1cncn1)(OP(=O)([O-])[O-])c1ccc(F)cc1F.[Na+].[Na+]. The molecule has 0 saturated heterocycles. The number of phosphoric ester groups is 1. The first-order chi connectivity index (χ1) is 13.6. The predicted octanol–water partition coefficient (Wildman–Crippen LogP) is -4.96. The van der Waals surface area contributed by atoms with E-state index in [2.05, 4.69) is 20.1 Å². The van der Waals surface area contributed by atoms with Crippen molar-refractivity contribution in [2.24, 2.45) is 0 Å². The van der Waals surface area contributed by atoms with Gasteiger partial charge in [-0.05, 0) is 6.07 Å². The van der Waals surface area contributed by atoms with Crippen LogP contribution in [-0.4, -0.2) is 24.7 Å². The summed E-state index contributed by atoms with van der Waals surface area (Å²) in [5.41, 5.74) is -3.22. The molecule has 0 spiro atoms. The molecule has 0 bridgehead atoms. The summed E-state index contributed by atoms with van der Waals surface area (Å²) >= 11 is 0. The van der Waals surface area contributed by atoms with E-state index in [0.717, 1.165) is 42.0 Å². The van der Waals surface area contributed by atoms with E-state index in [9.17, 15) is 27.5 Å². The zero-order valence-electron chi connectivity index (χ0n) is 16.8. The van der Waals surface area contributed by atoms with Crippen molar-refractivity contribution in [1.29, 1.82) is 0 Å². The molecular formula is C16H13F3N5Na2O4P. The maximum atomic E-state index is 14.7. The van der Waals surface area contributed by atoms with Crippen molar-refractivity contribution in [2.45, 2.75) is 25.0 Å². The molecule has 0 fully saturated rings. The van der Waals surface area contributed by atoms with Gasteiger partial charge in [0.25, 0.3) is 0 Å². The minimum Gasteiger partial charge on any atom is -0.790 e. The molecule has 15 heteroatoms. The summed E-state index contributed by atoms with van der Waals surface area (Å²) in [6.45, 7) is 0.704. The molecule has 3 aromatic rings. The van der Waals surface area contributed by atoms with E-state index in [4.69, 9.17) is 4.52 Å². The second-order valence-electron chi connectivity index (χ2n) is 6.12. The molecule has 0 saturated carbocycles. The molecule has 31 heavy (non-hydrogen) atoms. The molecule has 9 nitrogen and oxygen atoms in total. The number of nitrogens with zero attached hydrogens (tertiary/aromatic N) is 5. The molecule has 3 rings (SSSR count). The molecular weight excluding hydrogens is 460 g/mol. The minimum absolute atomic E-state index is 0. The Kier molecular flexibility index (Phi) is 10.5. The third kappa shape index (κ3) is 6.67. The second kappa shape index (κ2) is 11.5. The van der Waals surface area contributed by atoms with Crippen molar-refractivity contribution < 1.29 is 91.2 Å². The zero-order valence-corrected chi connectivity index (χ0v) is 21.7. The summed E-state index contributed by atoms with van der Waals surface area (Å²) in [7, 11) is -5.78. The number of halogens is 3. The summed E-state index contributed by atoms with van der Waals surface area (Å²) in [6, 6.07) is 2.24. The van der Waals surface area contributed by atoms with Gasteiger partial charge in [0.2, 0.25) is 0 Å². The Balaban J connectivity index is 0.00000240. The van der Waals surface area contributed by atoms with Crippen molar-refractivity contribution >= 4 is 7.82 Å². The molecule has 0 aliphatic rings. The molecule has 2 aromatic heterocycles. The quantitative estimate of drug-likeness (QED) is 0.247. The topological polar surface area (TPSA) is 129 Å². The van der Waals surface area contributed by atoms with E-state index in [1.807, 2.05) is 0 Å². The van der Waals surface area contributed by atoms with Gasteiger partial charge in [-0.3, -0.25) is 0 Å². The van der Waals surface area contributed by atoms with E-state index in [0.29, 0.717) is 6.07 Å². The van der Waals surface area contributed by atoms with Crippen LogP contribution in [0, 0.1) is 17.5 Å². The van der Waals surface area contributed by atoms with Crippen molar-refractivity contribution in [2.75, 3.05) is 0 Å². The predicted molar refractivity (Wildman–Crippen MR) is 87.2 cm³/mol. The van der Waals surface area contributed by atoms with Gasteiger partial charge in [0.05, 0.1) is 26.3 Å². The van der Waals surface area contributed by atoms with Gasteiger partial charge in [-0.2, -0.15) is 5.10 Å².